The number of halogens is 1. The molecule has 2 rings (SSSR count). The molecule has 1 aliphatic heterocycles. The van der Waals surface area contributed by atoms with Crippen molar-refractivity contribution in [3.63, 3.8) is 0 Å². The van der Waals surface area contributed by atoms with Crippen molar-refractivity contribution in [1.82, 2.24) is 14.7 Å². The summed E-state index contributed by atoms with van der Waals surface area (Å²) in [5.41, 5.74) is 2.43. The van der Waals surface area contributed by atoms with Crippen molar-refractivity contribution in [2.24, 2.45) is 11.8 Å². The molecule has 0 amide bonds. The van der Waals surface area contributed by atoms with Crippen molar-refractivity contribution < 1.29 is 0 Å². The number of piperidine rings is 1. The van der Waals surface area contributed by atoms with E-state index in [2.05, 4.69) is 58.3 Å². The predicted molar refractivity (Wildman–Crippen MR) is 78.6 cm³/mol. The molecule has 102 valence electrons. The van der Waals surface area contributed by atoms with Crippen molar-refractivity contribution in [2.75, 3.05) is 13.1 Å². The van der Waals surface area contributed by atoms with E-state index in [-0.39, 0.29) is 0 Å². The lowest BCUT2D eigenvalue weighted by molar-refractivity contribution is 0.131. The average molecular weight is 314 g/mol. The molecule has 0 N–H and O–H groups in total. The van der Waals surface area contributed by atoms with Gasteiger partial charge < -0.3 is 0 Å². The van der Waals surface area contributed by atoms with E-state index in [1.54, 1.807) is 0 Å². The second-order valence-corrected chi connectivity index (χ2v) is 6.59. The van der Waals surface area contributed by atoms with Crippen molar-refractivity contribution >= 4 is 15.9 Å². The highest BCUT2D eigenvalue weighted by atomic mass is 79.9. The molecule has 2 atom stereocenters. The van der Waals surface area contributed by atoms with Crippen LogP contribution in [0.1, 0.15) is 38.6 Å². The van der Waals surface area contributed by atoms with E-state index in [1.165, 1.54) is 29.7 Å². The van der Waals surface area contributed by atoms with Crippen LogP contribution in [-0.2, 0) is 13.1 Å². The van der Waals surface area contributed by atoms with Crippen LogP contribution in [0.2, 0.25) is 0 Å². The standard InChI is InChI=1S/C14H24BrN3/c1-5-18-13(14(15)12(4)16-18)9-17-7-10(2)6-11(3)8-17/h10-11H,5-9H2,1-4H3. The van der Waals surface area contributed by atoms with E-state index < -0.39 is 0 Å². The largest absolute Gasteiger partial charge is 0.297 e. The maximum Gasteiger partial charge on any atom is 0.0739 e. The van der Waals surface area contributed by atoms with Crippen molar-refractivity contribution in [2.45, 2.75) is 47.2 Å². The molecule has 2 heterocycles. The average Bonchev–Trinajstić information content (AvgIpc) is 2.55. The molecular weight excluding hydrogens is 290 g/mol. The molecule has 0 bridgehead atoms. The maximum absolute atomic E-state index is 4.58. The zero-order valence-electron chi connectivity index (χ0n) is 11.9. The smallest absolute Gasteiger partial charge is 0.0739 e. The van der Waals surface area contributed by atoms with Gasteiger partial charge in [-0.1, -0.05) is 13.8 Å². The molecule has 1 aromatic rings. The summed E-state index contributed by atoms with van der Waals surface area (Å²) >= 11 is 3.69. The van der Waals surface area contributed by atoms with E-state index in [0.717, 1.165) is 30.6 Å². The summed E-state index contributed by atoms with van der Waals surface area (Å²) in [6.45, 7) is 13.3. The highest BCUT2D eigenvalue weighted by Crippen LogP contribution is 2.26. The van der Waals surface area contributed by atoms with Gasteiger partial charge in [0.25, 0.3) is 0 Å². The molecule has 18 heavy (non-hydrogen) atoms. The van der Waals surface area contributed by atoms with Crippen molar-refractivity contribution in [3.8, 4) is 0 Å². The Morgan fingerprint density at radius 1 is 1.28 bits per heavy atom. The number of hydrogen-bond acceptors (Lipinski definition) is 2. The van der Waals surface area contributed by atoms with E-state index in [1.807, 2.05) is 0 Å². The van der Waals surface area contributed by atoms with Crippen LogP contribution in [0, 0.1) is 18.8 Å². The molecule has 1 fully saturated rings. The first kappa shape index (κ1) is 14.1. The number of rotatable bonds is 3. The molecule has 1 saturated heterocycles. The summed E-state index contributed by atoms with van der Waals surface area (Å²) in [6, 6.07) is 0. The van der Waals surface area contributed by atoms with Crippen LogP contribution < -0.4 is 0 Å². The van der Waals surface area contributed by atoms with E-state index in [9.17, 15) is 0 Å². The van der Waals surface area contributed by atoms with Crippen LogP contribution in [-0.4, -0.2) is 27.8 Å². The van der Waals surface area contributed by atoms with Gasteiger partial charge in [-0.2, -0.15) is 5.10 Å². The van der Waals surface area contributed by atoms with Crippen LogP contribution in [0.25, 0.3) is 0 Å². The highest BCUT2D eigenvalue weighted by molar-refractivity contribution is 9.10. The van der Waals surface area contributed by atoms with Gasteiger partial charge in [-0.25, -0.2) is 0 Å². The Kier molecular flexibility index (Phi) is 4.49. The van der Waals surface area contributed by atoms with Gasteiger partial charge in [-0.05, 0) is 48.0 Å². The second-order valence-electron chi connectivity index (χ2n) is 5.80. The normalized spacial score (nSPS) is 25.6. The first-order chi connectivity index (χ1) is 8.51. The third kappa shape index (κ3) is 2.97. The zero-order valence-corrected chi connectivity index (χ0v) is 13.5. The fourth-order valence-electron chi connectivity index (χ4n) is 3.15. The topological polar surface area (TPSA) is 21.1 Å². The van der Waals surface area contributed by atoms with Gasteiger partial charge in [0, 0.05) is 26.2 Å². The Morgan fingerprint density at radius 2 is 1.89 bits per heavy atom. The summed E-state index contributed by atoms with van der Waals surface area (Å²) in [6.07, 6.45) is 1.36. The minimum Gasteiger partial charge on any atom is -0.297 e. The lowest BCUT2D eigenvalue weighted by Gasteiger charge is -2.35. The molecule has 4 heteroatoms. The Hall–Kier alpha value is -0.350. The van der Waals surface area contributed by atoms with Crippen molar-refractivity contribution in [1.29, 1.82) is 0 Å². The van der Waals surface area contributed by atoms with Crippen LogP contribution in [0.3, 0.4) is 0 Å². The lowest BCUT2D eigenvalue weighted by Crippen LogP contribution is -2.38. The minimum atomic E-state index is 0.812. The summed E-state index contributed by atoms with van der Waals surface area (Å²) in [4.78, 5) is 2.58. The van der Waals surface area contributed by atoms with Gasteiger partial charge in [0.1, 0.15) is 0 Å². The van der Waals surface area contributed by atoms with E-state index in [0.29, 0.717) is 0 Å². The number of aryl methyl sites for hydroxylation is 2. The Morgan fingerprint density at radius 3 is 2.44 bits per heavy atom. The molecule has 0 spiro atoms. The summed E-state index contributed by atoms with van der Waals surface area (Å²) in [7, 11) is 0. The minimum absolute atomic E-state index is 0.812. The molecule has 2 unspecified atom stereocenters. The quantitative estimate of drug-likeness (QED) is 0.852. The number of likely N-dealkylation sites (tertiary alicyclic amines) is 1. The highest BCUT2D eigenvalue weighted by Gasteiger charge is 2.24. The number of nitrogens with zero attached hydrogens (tertiary/aromatic N) is 3. The third-order valence-electron chi connectivity index (χ3n) is 3.77. The Bertz CT molecular complexity index is 403. The molecular formula is C14H24BrN3. The molecule has 0 saturated carbocycles. The SMILES string of the molecule is CCn1nc(C)c(Br)c1CN1CC(C)CC(C)C1. The number of aromatic nitrogens is 2. The lowest BCUT2D eigenvalue weighted by atomic mass is 9.92. The first-order valence-electron chi connectivity index (χ1n) is 6.95. The maximum atomic E-state index is 4.58. The molecule has 1 aliphatic rings. The van der Waals surface area contributed by atoms with Gasteiger partial charge >= 0.3 is 0 Å². The van der Waals surface area contributed by atoms with Crippen LogP contribution in [0.5, 0.6) is 0 Å². The third-order valence-corrected chi connectivity index (χ3v) is 4.80. The Labute approximate surface area is 119 Å². The van der Waals surface area contributed by atoms with Gasteiger partial charge in [0.15, 0.2) is 0 Å². The van der Waals surface area contributed by atoms with Crippen LogP contribution >= 0.6 is 15.9 Å². The van der Waals surface area contributed by atoms with E-state index in [4.69, 9.17) is 0 Å². The molecule has 1 aromatic heterocycles. The summed E-state index contributed by atoms with van der Waals surface area (Å²) in [5, 5.41) is 4.58. The number of hydrogen-bond donors (Lipinski definition) is 0. The predicted octanol–water partition coefficient (Wildman–Crippen LogP) is 3.45. The monoisotopic (exact) mass is 313 g/mol. The molecule has 0 radical (unpaired) electrons. The Balaban J connectivity index is 2.13. The molecule has 0 aliphatic carbocycles. The van der Waals surface area contributed by atoms with Gasteiger partial charge in [0.2, 0.25) is 0 Å². The van der Waals surface area contributed by atoms with Gasteiger partial charge in [-0.15, -0.1) is 0 Å². The fraction of sp³-hybridized carbons (Fsp3) is 0.786. The first-order valence-corrected chi connectivity index (χ1v) is 7.74. The molecule has 0 aromatic carbocycles. The van der Waals surface area contributed by atoms with E-state index >= 15 is 0 Å². The van der Waals surface area contributed by atoms with Crippen molar-refractivity contribution in [3.05, 3.63) is 15.9 Å². The second kappa shape index (κ2) is 5.74. The molecule has 3 nitrogen and oxygen atoms in total. The van der Waals surface area contributed by atoms with Crippen LogP contribution in [0.4, 0.5) is 0 Å². The zero-order chi connectivity index (χ0) is 13.3. The summed E-state index contributed by atoms with van der Waals surface area (Å²) < 4.78 is 3.32. The van der Waals surface area contributed by atoms with Crippen LogP contribution in [0.15, 0.2) is 4.47 Å². The fourth-order valence-corrected chi connectivity index (χ4v) is 3.56. The van der Waals surface area contributed by atoms with Gasteiger partial charge in [-0.3, -0.25) is 9.58 Å². The van der Waals surface area contributed by atoms with Gasteiger partial charge in [0.05, 0.1) is 15.9 Å². The summed E-state index contributed by atoms with van der Waals surface area (Å²) in [5.74, 6) is 1.62.